The maximum absolute atomic E-state index is 13.1. The second-order valence-corrected chi connectivity index (χ2v) is 8.18. The molecule has 2 atom stereocenters. The number of Topliss-reactive ketones (excluding diaryl/α,β-unsaturated/α-hetero) is 1. The molecule has 4 saturated heterocycles. The Hall–Kier alpha value is -0.410. The Morgan fingerprint density at radius 3 is 2.20 bits per heavy atom. The maximum atomic E-state index is 13.1. The van der Waals surface area contributed by atoms with E-state index in [1.807, 2.05) is 0 Å². The smallest absolute Gasteiger partial charge is 0.150 e. The average Bonchev–Trinajstić information content (AvgIpc) is 2.88. The van der Waals surface area contributed by atoms with E-state index in [2.05, 4.69) is 23.6 Å². The molecule has 2 unspecified atom stereocenters. The van der Waals surface area contributed by atoms with Gasteiger partial charge in [-0.1, -0.05) is 39.5 Å². The fraction of sp³-hybridized carbons (Fsp3) is 0.941. The fourth-order valence-corrected chi connectivity index (χ4v) is 5.86. The Balaban J connectivity index is 1.71. The van der Waals surface area contributed by atoms with Gasteiger partial charge < -0.3 is 0 Å². The molecule has 4 aliphatic heterocycles. The summed E-state index contributed by atoms with van der Waals surface area (Å²) in [5.74, 6) is 0.596. The third kappa shape index (κ3) is 1.46. The predicted molar refractivity (Wildman–Crippen MR) is 79.4 cm³/mol. The summed E-state index contributed by atoms with van der Waals surface area (Å²) < 4.78 is 0. The molecule has 5 fully saturated rings. The third-order valence-electron chi connectivity index (χ3n) is 6.69. The van der Waals surface area contributed by atoms with Crippen LogP contribution in [0.15, 0.2) is 0 Å². The first-order chi connectivity index (χ1) is 9.55. The first-order valence-corrected chi connectivity index (χ1v) is 8.60. The van der Waals surface area contributed by atoms with E-state index in [0.29, 0.717) is 11.4 Å². The Morgan fingerprint density at radius 1 is 1.05 bits per heavy atom. The highest BCUT2D eigenvalue weighted by molar-refractivity contribution is 5.93. The first-order valence-electron chi connectivity index (χ1n) is 8.60. The molecule has 5 rings (SSSR count). The monoisotopic (exact) mass is 276 g/mol. The van der Waals surface area contributed by atoms with Crippen molar-refractivity contribution in [2.24, 2.45) is 10.8 Å². The largest absolute Gasteiger partial charge is 0.298 e. The van der Waals surface area contributed by atoms with Crippen molar-refractivity contribution >= 4 is 5.78 Å². The lowest BCUT2D eigenvalue weighted by Crippen LogP contribution is -2.82. The van der Waals surface area contributed by atoms with E-state index >= 15 is 0 Å². The van der Waals surface area contributed by atoms with Crippen LogP contribution in [0, 0.1) is 10.8 Å². The van der Waals surface area contributed by atoms with Crippen LogP contribution in [-0.2, 0) is 4.79 Å². The van der Waals surface area contributed by atoms with Crippen molar-refractivity contribution in [1.82, 2.24) is 9.80 Å². The molecule has 5 aliphatic rings. The normalized spacial score (nSPS) is 48.4. The van der Waals surface area contributed by atoms with Gasteiger partial charge in [0, 0.05) is 26.2 Å². The lowest BCUT2D eigenvalue weighted by atomic mass is 9.58. The van der Waals surface area contributed by atoms with Crippen molar-refractivity contribution < 1.29 is 4.79 Å². The molecule has 4 bridgehead atoms. The Kier molecular flexibility index (Phi) is 2.70. The summed E-state index contributed by atoms with van der Waals surface area (Å²) in [5, 5.41) is 0. The van der Waals surface area contributed by atoms with Gasteiger partial charge in [-0.15, -0.1) is 0 Å². The summed E-state index contributed by atoms with van der Waals surface area (Å²) in [6, 6.07) is 0. The molecule has 4 heterocycles. The van der Waals surface area contributed by atoms with Crippen molar-refractivity contribution in [2.45, 2.75) is 64.5 Å². The van der Waals surface area contributed by atoms with Crippen molar-refractivity contribution in [3.63, 3.8) is 0 Å². The van der Waals surface area contributed by atoms with Crippen molar-refractivity contribution in [3.8, 4) is 0 Å². The quantitative estimate of drug-likeness (QED) is 0.792. The minimum absolute atomic E-state index is 0.0326. The Bertz CT molecular complexity index is 420. The van der Waals surface area contributed by atoms with E-state index in [-0.39, 0.29) is 10.8 Å². The van der Waals surface area contributed by atoms with Gasteiger partial charge in [-0.25, -0.2) is 0 Å². The van der Waals surface area contributed by atoms with E-state index in [1.165, 1.54) is 38.5 Å². The van der Waals surface area contributed by atoms with Gasteiger partial charge in [0.1, 0.15) is 5.78 Å². The number of unbranched alkanes of at least 4 members (excludes halogenated alkanes) is 1. The first kappa shape index (κ1) is 13.3. The van der Waals surface area contributed by atoms with Crippen LogP contribution in [0.5, 0.6) is 0 Å². The van der Waals surface area contributed by atoms with Crippen LogP contribution in [0.3, 0.4) is 0 Å². The Labute approximate surface area is 122 Å². The molecule has 1 aliphatic carbocycles. The van der Waals surface area contributed by atoms with E-state index in [9.17, 15) is 4.79 Å². The summed E-state index contributed by atoms with van der Waals surface area (Å²) in [4.78, 5) is 18.5. The second kappa shape index (κ2) is 4.07. The zero-order valence-corrected chi connectivity index (χ0v) is 13.1. The van der Waals surface area contributed by atoms with Crippen molar-refractivity contribution in [1.29, 1.82) is 0 Å². The maximum Gasteiger partial charge on any atom is 0.150 e. The third-order valence-corrected chi connectivity index (χ3v) is 6.69. The highest BCUT2D eigenvalue weighted by Gasteiger charge is 2.67. The van der Waals surface area contributed by atoms with Crippen LogP contribution in [0.4, 0.5) is 0 Å². The standard InChI is InChI=1S/C17H28N2O/c1-3-4-7-16-12-18-10-15(2,14(16)20)11-19(13-16)17(18)8-5-6-9-17/h3-13H2,1-2H3. The summed E-state index contributed by atoms with van der Waals surface area (Å²) in [6.07, 6.45) is 8.94. The van der Waals surface area contributed by atoms with Gasteiger partial charge >= 0.3 is 0 Å². The van der Waals surface area contributed by atoms with Gasteiger partial charge in [0.05, 0.1) is 16.5 Å². The molecule has 0 N–H and O–H groups in total. The molecule has 1 spiro atoms. The van der Waals surface area contributed by atoms with E-state index in [4.69, 9.17) is 0 Å². The minimum Gasteiger partial charge on any atom is -0.298 e. The molecule has 112 valence electrons. The van der Waals surface area contributed by atoms with Crippen LogP contribution in [-0.4, -0.2) is 47.4 Å². The van der Waals surface area contributed by atoms with Gasteiger partial charge in [-0.2, -0.15) is 0 Å². The topological polar surface area (TPSA) is 23.6 Å². The molecular formula is C17H28N2O. The highest BCUT2D eigenvalue weighted by Crippen LogP contribution is 2.57. The number of hydrogen-bond acceptors (Lipinski definition) is 3. The number of hydrogen-bond donors (Lipinski definition) is 0. The van der Waals surface area contributed by atoms with E-state index in [1.54, 1.807) is 0 Å². The zero-order chi connectivity index (χ0) is 14.0. The summed E-state index contributed by atoms with van der Waals surface area (Å²) in [7, 11) is 0. The van der Waals surface area contributed by atoms with Crippen molar-refractivity contribution in [3.05, 3.63) is 0 Å². The molecule has 1 saturated carbocycles. The van der Waals surface area contributed by atoms with Crippen LogP contribution in [0.2, 0.25) is 0 Å². The van der Waals surface area contributed by atoms with E-state index < -0.39 is 0 Å². The molecule has 0 aromatic carbocycles. The zero-order valence-electron chi connectivity index (χ0n) is 13.1. The second-order valence-electron chi connectivity index (χ2n) is 8.18. The van der Waals surface area contributed by atoms with Crippen LogP contribution < -0.4 is 0 Å². The fourth-order valence-electron chi connectivity index (χ4n) is 5.86. The SMILES string of the molecule is CCCCC12CN3CC(C)(CN(C1)C31CCCC1)C2=O. The molecule has 3 heteroatoms. The van der Waals surface area contributed by atoms with Gasteiger partial charge in [-0.05, 0) is 19.3 Å². The predicted octanol–water partition coefficient (Wildman–Crippen LogP) is 2.65. The number of ketones is 1. The molecule has 20 heavy (non-hydrogen) atoms. The van der Waals surface area contributed by atoms with Gasteiger partial charge in [0.2, 0.25) is 0 Å². The summed E-state index contributed by atoms with van der Waals surface area (Å²) >= 11 is 0. The van der Waals surface area contributed by atoms with Gasteiger partial charge in [-0.3, -0.25) is 14.6 Å². The number of rotatable bonds is 3. The van der Waals surface area contributed by atoms with Gasteiger partial charge in [0.25, 0.3) is 0 Å². The van der Waals surface area contributed by atoms with Crippen LogP contribution >= 0.6 is 0 Å². The lowest BCUT2D eigenvalue weighted by Gasteiger charge is -2.70. The lowest BCUT2D eigenvalue weighted by molar-refractivity contribution is -0.231. The molecule has 0 radical (unpaired) electrons. The number of nitrogens with zero attached hydrogens (tertiary/aromatic N) is 2. The minimum atomic E-state index is -0.0852. The number of piperidine rings is 2. The number of carbonyl (C=O) groups excluding carboxylic acids is 1. The number of carbonyl (C=O) groups is 1. The summed E-state index contributed by atoms with van der Waals surface area (Å²) in [5.41, 5.74) is 0.225. The average molecular weight is 276 g/mol. The van der Waals surface area contributed by atoms with Crippen LogP contribution in [0.25, 0.3) is 0 Å². The molecule has 0 amide bonds. The van der Waals surface area contributed by atoms with Crippen molar-refractivity contribution in [2.75, 3.05) is 26.2 Å². The summed E-state index contributed by atoms with van der Waals surface area (Å²) in [6.45, 7) is 8.63. The highest BCUT2D eigenvalue weighted by atomic mass is 16.1. The molecule has 3 nitrogen and oxygen atoms in total. The molecule has 0 aromatic rings. The van der Waals surface area contributed by atoms with Gasteiger partial charge in [0.15, 0.2) is 0 Å². The van der Waals surface area contributed by atoms with Crippen LogP contribution in [0.1, 0.15) is 58.8 Å². The molecular weight excluding hydrogens is 248 g/mol. The Morgan fingerprint density at radius 2 is 1.65 bits per heavy atom. The molecule has 0 aromatic heterocycles. The van der Waals surface area contributed by atoms with E-state index in [0.717, 1.165) is 32.6 Å².